The summed E-state index contributed by atoms with van der Waals surface area (Å²) in [6.07, 6.45) is 2.38. The maximum Gasteiger partial charge on any atom is 0.409 e. The van der Waals surface area contributed by atoms with Gasteiger partial charge in [0.2, 0.25) is 5.91 Å². The number of likely N-dealkylation sites (tertiary alicyclic amines) is 1. The summed E-state index contributed by atoms with van der Waals surface area (Å²) in [5, 5.41) is 3.04. The second kappa shape index (κ2) is 9.84. The van der Waals surface area contributed by atoms with E-state index in [4.69, 9.17) is 4.74 Å². The molecule has 7 heteroatoms. The zero-order valence-electron chi connectivity index (χ0n) is 15.1. The van der Waals surface area contributed by atoms with Gasteiger partial charge in [-0.15, -0.1) is 0 Å². The molecule has 0 spiro atoms. The minimum absolute atomic E-state index is 0.0716. The zero-order chi connectivity index (χ0) is 17.4. The van der Waals surface area contributed by atoms with Crippen molar-refractivity contribution in [1.82, 2.24) is 20.0 Å². The van der Waals surface area contributed by atoms with E-state index in [9.17, 15) is 9.59 Å². The summed E-state index contributed by atoms with van der Waals surface area (Å²) in [4.78, 5) is 30.5. The minimum Gasteiger partial charge on any atom is -0.450 e. The molecule has 2 fully saturated rings. The molecule has 2 aliphatic heterocycles. The lowest BCUT2D eigenvalue weighted by Crippen LogP contribution is -2.46. The summed E-state index contributed by atoms with van der Waals surface area (Å²) >= 11 is 0. The highest BCUT2D eigenvalue weighted by atomic mass is 16.6. The predicted molar refractivity (Wildman–Crippen MR) is 92.9 cm³/mol. The Kier molecular flexibility index (Phi) is 7.78. The van der Waals surface area contributed by atoms with Crippen LogP contribution in [0.15, 0.2) is 0 Å². The van der Waals surface area contributed by atoms with Crippen LogP contribution in [0.2, 0.25) is 0 Å². The van der Waals surface area contributed by atoms with Gasteiger partial charge in [-0.05, 0) is 39.8 Å². The van der Waals surface area contributed by atoms with Crippen molar-refractivity contribution in [3.05, 3.63) is 0 Å². The summed E-state index contributed by atoms with van der Waals surface area (Å²) in [5.74, 6) is -0.0332. The van der Waals surface area contributed by atoms with Crippen LogP contribution >= 0.6 is 0 Å². The van der Waals surface area contributed by atoms with Crippen molar-refractivity contribution in [2.75, 3.05) is 66.0 Å². The van der Waals surface area contributed by atoms with Crippen LogP contribution in [-0.2, 0) is 9.53 Å². The van der Waals surface area contributed by atoms with Crippen molar-refractivity contribution < 1.29 is 14.3 Å². The van der Waals surface area contributed by atoms with Gasteiger partial charge in [0.15, 0.2) is 0 Å². The Bertz CT molecular complexity index is 411. The maximum atomic E-state index is 12.3. The van der Waals surface area contributed by atoms with Gasteiger partial charge in [-0.2, -0.15) is 0 Å². The average Bonchev–Trinajstić information content (AvgIpc) is 2.60. The summed E-state index contributed by atoms with van der Waals surface area (Å²) in [7, 11) is 2.15. The Morgan fingerprint density at radius 1 is 1.17 bits per heavy atom. The van der Waals surface area contributed by atoms with Crippen LogP contribution in [0.1, 0.15) is 26.2 Å². The SMILES string of the molecule is CCOC(=O)N1CCCC(C(=O)NCCCN2CCN(C)CC2)C1. The normalized spacial score (nSPS) is 23.1. The van der Waals surface area contributed by atoms with Crippen molar-refractivity contribution in [2.45, 2.75) is 26.2 Å². The third-order valence-electron chi connectivity index (χ3n) is 4.86. The fourth-order valence-corrected chi connectivity index (χ4v) is 3.30. The van der Waals surface area contributed by atoms with Gasteiger partial charge in [-0.1, -0.05) is 0 Å². The second-order valence-corrected chi connectivity index (χ2v) is 6.77. The Hall–Kier alpha value is -1.34. The number of carbonyl (C=O) groups is 2. The molecule has 7 nitrogen and oxygen atoms in total. The molecule has 138 valence electrons. The van der Waals surface area contributed by atoms with Crippen molar-refractivity contribution >= 4 is 12.0 Å². The summed E-state index contributed by atoms with van der Waals surface area (Å²) < 4.78 is 5.03. The Labute approximate surface area is 145 Å². The largest absolute Gasteiger partial charge is 0.450 e. The van der Waals surface area contributed by atoms with Gasteiger partial charge in [0.1, 0.15) is 0 Å². The number of likely N-dealkylation sites (N-methyl/N-ethyl adjacent to an activating group) is 1. The third kappa shape index (κ3) is 5.94. The predicted octanol–water partition coefficient (Wildman–Crippen LogP) is 0.609. The van der Waals surface area contributed by atoms with Gasteiger partial charge in [0.05, 0.1) is 12.5 Å². The summed E-state index contributed by atoms with van der Waals surface area (Å²) in [6, 6.07) is 0. The first-order chi connectivity index (χ1) is 11.6. The van der Waals surface area contributed by atoms with E-state index in [0.717, 1.165) is 52.0 Å². The molecular weight excluding hydrogens is 308 g/mol. The van der Waals surface area contributed by atoms with Gasteiger partial charge in [0.25, 0.3) is 0 Å². The highest BCUT2D eigenvalue weighted by molar-refractivity contribution is 5.79. The number of rotatable bonds is 6. The lowest BCUT2D eigenvalue weighted by molar-refractivity contribution is -0.126. The number of ether oxygens (including phenoxy) is 1. The van der Waals surface area contributed by atoms with Crippen LogP contribution in [0.25, 0.3) is 0 Å². The number of amides is 2. The van der Waals surface area contributed by atoms with Gasteiger partial charge in [-0.3, -0.25) is 4.79 Å². The van der Waals surface area contributed by atoms with Crippen molar-refractivity contribution in [1.29, 1.82) is 0 Å². The number of hydrogen-bond donors (Lipinski definition) is 1. The molecule has 1 N–H and O–H groups in total. The van der Waals surface area contributed by atoms with E-state index in [0.29, 0.717) is 26.2 Å². The zero-order valence-corrected chi connectivity index (χ0v) is 15.1. The van der Waals surface area contributed by atoms with Crippen LogP contribution in [0.4, 0.5) is 4.79 Å². The molecule has 2 heterocycles. The molecule has 0 bridgehead atoms. The van der Waals surface area contributed by atoms with Crippen molar-refractivity contribution in [3.63, 3.8) is 0 Å². The van der Waals surface area contributed by atoms with E-state index in [-0.39, 0.29) is 17.9 Å². The van der Waals surface area contributed by atoms with Gasteiger partial charge in [0, 0.05) is 45.8 Å². The van der Waals surface area contributed by atoms with E-state index in [1.165, 1.54) is 0 Å². The molecule has 0 aromatic carbocycles. The third-order valence-corrected chi connectivity index (χ3v) is 4.86. The van der Waals surface area contributed by atoms with Crippen LogP contribution in [-0.4, -0.2) is 92.7 Å². The summed E-state index contributed by atoms with van der Waals surface area (Å²) in [6.45, 7) is 9.55. The van der Waals surface area contributed by atoms with E-state index in [1.54, 1.807) is 11.8 Å². The van der Waals surface area contributed by atoms with Crippen LogP contribution in [0, 0.1) is 5.92 Å². The molecule has 2 aliphatic rings. The summed E-state index contributed by atoms with van der Waals surface area (Å²) in [5.41, 5.74) is 0. The van der Waals surface area contributed by atoms with Crippen molar-refractivity contribution in [2.24, 2.45) is 5.92 Å². The second-order valence-electron chi connectivity index (χ2n) is 6.77. The van der Waals surface area contributed by atoms with Crippen LogP contribution in [0.5, 0.6) is 0 Å². The number of piperidine rings is 1. The number of carbonyl (C=O) groups excluding carboxylic acids is 2. The monoisotopic (exact) mass is 340 g/mol. The molecule has 2 rings (SSSR count). The average molecular weight is 340 g/mol. The fourth-order valence-electron chi connectivity index (χ4n) is 3.30. The van der Waals surface area contributed by atoms with E-state index in [1.807, 2.05) is 0 Å². The van der Waals surface area contributed by atoms with Crippen molar-refractivity contribution in [3.8, 4) is 0 Å². The highest BCUT2D eigenvalue weighted by Gasteiger charge is 2.28. The first-order valence-electron chi connectivity index (χ1n) is 9.20. The van der Waals surface area contributed by atoms with Crippen LogP contribution < -0.4 is 5.32 Å². The van der Waals surface area contributed by atoms with E-state index >= 15 is 0 Å². The highest BCUT2D eigenvalue weighted by Crippen LogP contribution is 2.17. The first-order valence-corrected chi connectivity index (χ1v) is 9.20. The molecule has 0 aromatic rings. The van der Waals surface area contributed by atoms with E-state index < -0.39 is 0 Å². The van der Waals surface area contributed by atoms with Gasteiger partial charge in [-0.25, -0.2) is 4.79 Å². The minimum atomic E-state index is -0.301. The molecule has 24 heavy (non-hydrogen) atoms. The number of nitrogens with one attached hydrogen (secondary N) is 1. The van der Waals surface area contributed by atoms with E-state index in [2.05, 4.69) is 22.2 Å². The lowest BCUT2D eigenvalue weighted by Gasteiger charge is -2.32. The maximum absolute atomic E-state index is 12.3. The Balaban J connectivity index is 1.62. The molecular formula is C17H32N4O3. The molecule has 2 amide bonds. The van der Waals surface area contributed by atoms with Crippen LogP contribution in [0.3, 0.4) is 0 Å². The lowest BCUT2D eigenvalue weighted by atomic mass is 9.97. The Morgan fingerprint density at radius 2 is 1.92 bits per heavy atom. The Morgan fingerprint density at radius 3 is 2.62 bits per heavy atom. The molecule has 0 saturated carbocycles. The smallest absolute Gasteiger partial charge is 0.409 e. The molecule has 0 radical (unpaired) electrons. The standard InChI is InChI=1S/C17H32N4O3/c1-3-24-17(23)21-9-4-6-15(14-21)16(22)18-7-5-8-20-12-10-19(2)11-13-20/h15H,3-14H2,1-2H3,(H,18,22). The molecule has 0 aliphatic carbocycles. The molecule has 0 aromatic heterocycles. The number of nitrogens with zero attached hydrogens (tertiary/aromatic N) is 3. The molecule has 1 atom stereocenters. The fraction of sp³-hybridized carbons (Fsp3) is 0.882. The molecule has 2 saturated heterocycles. The first kappa shape index (κ1) is 19.0. The molecule has 1 unspecified atom stereocenters. The number of piperazine rings is 1. The quantitative estimate of drug-likeness (QED) is 0.718. The number of hydrogen-bond acceptors (Lipinski definition) is 5. The van der Waals surface area contributed by atoms with Gasteiger partial charge < -0.3 is 24.8 Å². The topological polar surface area (TPSA) is 65.1 Å². The van der Waals surface area contributed by atoms with Gasteiger partial charge >= 0.3 is 6.09 Å².